The van der Waals surface area contributed by atoms with Crippen molar-refractivity contribution in [2.45, 2.75) is 19.4 Å². The van der Waals surface area contributed by atoms with Crippen LogP contribution in [0.15, 0.2) is 24.3 Å². The molecule has 0 aromatic heterocycles. The zero-order valence-corrected chi connectivity index (χ0v) is 10.8. The van der Waals surface area contributed by atoms with E-state index >= 15 is 0 Å². The normalized spacial score (nSPS) is 11.7. The van der Waals surface area contributed by atoms with Gasteiger partial charge in [0.25, 0.3) is 5.91 Å². The van der Waals surface area contributed by atoms with Gasteiger partial charge in [0.2, 0.25) is 5.91 Å². The fourth-order valence-electron chi connectivity index (χ4n) is 1.45. The fraction of sp³-hybridized carbons (Fsp3) is 0.385. The summed E-state index contributed by atoms with van der Waals surface area (Å²) in [6.07, 6.45) is 0.256. The van der Waals surface area contributed by atoms with Gasteiger partial charge in [-0.2, -0.15) is 0 Å². The summed E-state index contributed by atoms with van der Waals surface area (Å²) in [6, 6.07) is 5.06. The smallest absolute Gasteiger partial charge is 0.251 e. The number of nitrogens with two attached hydrogens (primary N) is 1. The highest BCUT2D eigenvalue weighted by Crippen LogP contribution is 2.01. The van der Waals surface area contributed by atoms with Gasteiger partial charge in [0.05, 0.1) is 0 Å². The lowest BCUT2D eigenvalue weighted by molar-refractivity contribution is -0.121. The number of carbonyl (C=O) groups excluding carboxylic acids is 2. The number of hydrogen-bond donors (Lipinski definition) is 3. The summed E-state index contributed by atoms with van der Waals surface area (Å²) in [5, 5.41) is 5.26. The van der Waals surface area contributed by atoms with Crippen LogP contribution >= 0.6 is 0 Å². The number of nitrogens with one attached hydrogen (secondary N) is 2. The maximum atomic E-state index is 12.7. The third-order valence-corrected chi connectivity index (χ3v) is 2.35. The third kappa shape index (κ3) is 5.96. The van der Waals surface area contributed by atoms with E-state index in [1.165, 1.54) is 24.3 Å². The minimum absolute atomic E-state index is 0.147. The van der Waals surface area contributed by atoms with Gasteiger partial charge in [-0.1, -0.05) is 0 Å². The molecule has 0 radical (unpaired) electrons. The van der Waals surface area contributed by atoms with E-state index in [-0.39, 0.29) is 30.1 Å². The first kappa shape index (κ1) is 15.1. The molecule has 4 N–H and O–H groups in total. The SMILES string of the molecule is CC(N)CC(=O)NCCNC(=O)c1ccc(F)cc1. The molecule has 1 unspecified atom stereocenters. The lowest BCUT2D eigenvalue weighted by Gasteiger charge is -2.08. The van der Waals surface area contributed by atoms with Gasteiger partial charge >= 0.3 is 0 Å². The van der Waals surface area contributed by atoms with Crippen LogP contribution in [0.3, 0.4) is 0 Å². The summed E-state index contributed by atoms with van der Waals surface area (Å²) in [5.41, 5.74) is 5.85. The summed E-state index contributed by atoms with van der Waals surface area (Å²) < 4.78 is 12.7. The van der Waals surface area contributed by atoms with Crippen molar-refractivity contribution in [2.24, 2.45) is 5.73 Å². The van der Waals surface area contributed by atoms with Crippen LogP contribution in [0.4, 0.5) is 4.39 Å². The van der Waals surface area contributed by atoms with E-state index in [1.54, 1.807) is 6.92 Å². The molecule has 1 rings (SSSR count). The largest absolute Gasteiger partial charge is 0.354 e. The number of benzene rings is 1. The zero-order chi connectivity index (χ0) is 14.3. The molecular formula is C13H18FN3O2. The van der Waals surface area contributed by atoms with Crippen LogP contribution in [0, 0.1) is 5.82 Å². The predicted octanol–water partition coefficient (Wildman–Crippen LogP) is 0.409. The molecule has 5 nitrogen and oxygen atoms in total. The minimum Gasteiger partial charge on any atom is -0.354 e. The number of hydrogen-bond acceptors (Lipinski definition) is 3. The Bertz CT molecular complexity index is 432. The molecule has 0 aliphatic rings. The van der Waals surface area contributed by atoms with Gasteiger partial charge in [-0.15, -0.1) is 0 Å². The summed E-state index contributed by atoms with van der Waals surface area (Å²) in [7, 11) is 0. The van der Waals surface area contributed by atoms with E-state index in [1.807, 2.05) is 0 Å². The molecule has 0 fully saturated rings. The number of halogens is 1. The van der Waals surface area contributed by atoms with Crippen LogP contribution in [-0.4, -0.2) is 30.9 Å². The number of amides is 2. The molecule has 0 spiro atoms. The van der Waals surface area contributed by atoms with Crippen molar-refractivity contribution in [3.8, 4) is 0 Å². The monoisotopic (exact) mass is 267 g/mol. The molecule has 0 aliphatic carbocycles. The number of rotatable bonds is 6. The molecule has 0 saturated carbocycles. The van der Waals surface area contributed by atoms with E-state index in [4.69, 9.17) is 5.73 Å². The van der Waals surface area contributed by atoms with Crippen molar-refractivity contribution in [1.29, 1.82) is 0 Å². The van der Waals surface area contributed by atoms with Crippen LogP contribution in [0.1, 0.15) is 23.7 Å². The van der Waals surface area contributed by atoms with Crippen LogP contribution < -0.4 is 16.4 Å². The molecule has 0 saturated heterocycles. The van der Waals surface area contributed by atoms with Gasteiger partial charge in [0, 0.05) is 31.1 Å². The van der Waals surface area contributed by atoms with Crippen molar-refractivity contribution in [3.63, 3.8) is 0 Å². The second-order valence-corrected chi connectivity index (χ2v) is 4.29. The lowest BCUT2D eigenvalue weighted by Crippen LogP contribution is -2.36. The molecule has 1 aromatic carbocycles. The molecule has 0 heterocycles. The van der Waals surface area contributed by atoms with Gasteiger partial charge in [-0.05, 0) is 31.2 Å². The first-order chi connectivity index (χ1) is 8.99. The van der Waals surface area contributed by atoms with E-state index in [0.29, 0.717) is 18.7 Å². The molecule has 0 bridgehead atoms. The van der Waals surface area contributed by atoms with Gasteiger partial charge in [-0.3, -0.25) is 9.59 Å². The van der Waals surface area contributed by atoms with Crippen LogP contribution in [0.25, 0.3) is 0 Å². The summed E-state index contributed by atoms with van der Waals surface area (Å²) in [5.74, 6) is -0.841. The topological polar surface area (TPSA) is 84.2 Å². The Labute approximate surface area is 111 Å². The van der Waals surface area contributed by atoms with Crippen molar-refractivity contribution in [3.05, 3.63) is 35.6 Å². The molecule has 0 aliphatic heterocycles. The maximum Gasteiger partial charge on any atom is 0.251 e. The molecule has 6 heteroatoms. The second-order valence-electron chi connectivity index (χ2n) is 4.29. The van der Waals surface area contributed by atoms with E-state index in [2.05, 4.69) is 10.6 Å². The average molecular weight is 267 g/mol. The first-order valence-electron chi connectivity index (χ1n) is 6.05. The molecule has 19 heavy (non-hydrogen) atoms. The summed E-state index contributed by atoms with van der Waals surface area (Å²) in [6.45, 7) is 2.38. The van der Waals surface area contributed by atoms with Crippen LogP contribution in [0.5, 0.6) is 0 Å². The number of carbonyl (C=O) groups is 2. The Morgan fingerprint density at radius 1 is 1.21 bits per heavy atom. The predicted molar refractivity (Wildman–Crippen MR) is 70.0 cm³/mol. The van der Waals surface area contributed by atoms with Crippen molar-refractivity contribution < 1.29 is 14.0 Å². The van der Waals surface area contributed by atoms with Gasteiger partial charge in [0.1, 0.15) is 5.82 Å². The van der Waals surface area contributed by atoms with E-state index in [0.717, 1.165) is 0 Å². The molecule has 2 amide bonds. The molecular weight excluding hydrogens is 249 g/mol. The lowest BCUT2D eigenvalue weighted by atomic mass is 10.2. The minimum atomic E-state index is -0.389. The second kappa shape index (κ2) is 7.48. The zero-order valence-electron chi connectivity index (χ0n) is 10.8. The Morgan fingerprint density at radius 2 is 1.79 bits per heavy atom. The summed E-state index contributed by atoms with van der Waals surface area (Å²) >= 11 is 0. The van der Waals surface area contributed by atoms with Gasteiger partial charge < -0.3 is 16.4 Å². The Morgan fingerprint density at radius 3 is 2.37 bits per heavy atom. The van der Waals surface area contributed by atoms with Crippen molar-refractivity contribution in [2.75, 3.05) is 13.1 Å². The standard InChI is InChI=1S/C13H18FN3O2/c1-9(15)8-12(18)16-6-7-17-13(19)10-2-4-11(14)5-3-10/h2-5,9H,6-8,15H2,1H3,(H,16,18)(H,17,19). The van der Waals surface area contributed by atoms with Crippen LogP contribution in [0.2, 0.25) is 0 Å². The Balaban J connectivity index is 2.24. The van der Waals surface area contributed by atoms with Gasteiger partial charge in [0.15, 0.2) is 0 Å². The third-order valence-electron chi connectivity index (χ3n) is 2.35. The van der Waals surface area contributed by atoms with Crippen molar-refractivity contribution >= 4 is 11.8 Å². The van der Waals surface area contributed by atoms with Crippen molar-refractivity contribution in [1.82, 2.24) is 10.6 Å². The Hall–Kier alpha value is -1.95. The quantitative estimate of drug-likeness (QED) is 0.653. The molecule has 1 atom stereocenters. The summed E-state index contributed by atoms with van der Waals surface area (Å²) in [4.78, 5) is 22.9. The maximum absolute atomic E-state index is 12.7. The first-order valence-corrected chi connectivity index (χ1v) is 6.05. The van der Waals surface area contributed by atoms with E-state index in [9.17, 15) is 14.0 Å². The molecule has 1 aromatic rings. The fourth-order valence-corrected chi connectivity index (χ4v) is 1.45. The van der Waals surface area contributed by atoms with E-state index < -0.39 is 0 Å². The molecule has 104 valence electrons. The Kier molecular flexibility index (Phi) is 5.95. The van der Waals surface area contributed by atoms with Gasteiger partial charge in [-0.25, -0.2) is 4.39 Å². The highest BCUT2D eigenvalue weighted by Gasteiger charge is 2.06. The highest BCUT2D eigenvalue weighted by atomic mass is 19.1. The van der Waals surface area contributed by atoms with Crippen LogP contribution in [-0.2, 0) is 4.79 Å². The average Bonchev–Trinajstić information content (AvgIpc) is 2.34. The highest BCUT2D eigenvalue weighted by molar-refractivity contribution is 5.94.